The second kappa shape index (κ2) is 4.45. The van der Waals surface area contributed by atoms with E-state index in [1.54, 1.807) is 0 Å². The Bertz CT molecular complexity index is 594. The van der Waals surface area contributed by atoms with Crippen LogP contribution in [-0.2, 0) is 6.42 Å². The van der Waals surface area contributed by atoms with Crippen LogP contribution in [0.25, 0.3) is 6.08 Å². The SMILES string of the molecule is C1=CC2=CCc3cccc4c3C2C(=C1)C=C4.CC. The van der Waals surface area contributed by atoms with Crippen molar-refractivity contribution in [3.8, 4) is 0 Å². The van der Waals surface area contributed by atoms with Gasteiger partial charge in [-0.05, 0) is 34.3 Å². The smallest absolute Gasteiger partial charge is 0.0345 e. The van der Waals surface area contributed by atoms with Gasteiger partial charge in [-0.3, -0.25) is 0 Å². The van der Waals surface area contributed by atoms with Gasteiger partial charge in [0.15, 0.2) is 0 Å². The third-order valence-electron chi connectivity index (χ3n) is 3.78. The molecule has 0 aliphatic heterocycles. The minimum Gasteiger partial charge on any atom is -0.0759 e. The number of rotatable bonds is 0. The van der Waals surface area contributed by atoms with E-state index in [1.165, 1.54) is 27.8 Å². The average Bonchev–Trinajstić information content (AvgIpc) is 2.47. The van der Waals surface area contributed by atoms with E-state index in [0.717, 1.165) is 6.42 Å². The van der Waals surface area contributed by atoms with Crippen molar-refractivity contribution < 1.29 is 0 Å². The topological polar surface area (TPSA) is 0 Å². The molecule has 1 aromatic carbocycles. The molecule has 4 rings (SSSR count). The van der Waals surface area contributed by atoms with Crippen molar-refractivity contribution in [2.24, 2.45) is 0 Å². The van der Waals surface area contributed by atoms with Crippen molar-refractivity contribution >= 4 is 6.08 Å². The molecule has 0 saturated heterocycles. The highest BCUT2D eigenvalue weighted by Gasteiger charge is 2.29. The molecule has 0 spiro atoms. The molecule has 0 nitrogen and oxygen atoms in total. The summed E-state index contributed by atoms with van der Waals surface area (Å²) >= 11 is 0. The molecule has 0 N–H and O–H groups in total. The molecule has 1 atom stereocenters. The standard InChI is InChI=1S/C16H12.C2H6/c1-3-11-7-9-13-5-2-6-14-10-8-12(4-1)15(11)16(13)14;1-2/h1-9,15H,10H2;1-2H3. The summed E-state index contributed by atoms with van der Waals surface area (Å²) in [5, 5.41) is 0. The molecule has 0 aromatic heterocycles. The van der Waals surface area contributed by atoms with E-state index >= 15 is 0 Å². The van der Waals surface area contributed by atoms with E-state index in [2.05, 4.69) is 54.7 Å². The van der Waals surface area contributed by atoms with Crippen LogP contribution in [-0.4, -0.2) is 0 Å². The molecule has 0 amide bonds. The minimum atomic E-state index is 0.509. The first-order valence-corrected chi connectivity index (χ1v) is 6.82. The molecule has 0 heteroatoms. The zero-order valence-electron chi connectivity index (χ0n) is 11.0. The summed E-state index contributed by atoms with van der Waals surface area (Å²) in [6.45, 7) is 4.00. The quantitative estimate of drug-likeness (QED) is 0.604. The first-order valence-electron chi connectivity index (χ1n) is 6.82. The van der Waals surface area contributed by atoms with Crippen LogP contribution in [0.15, 0.2) is 59.7 Å². The van der Waals surface area contributed by atoms with E-state index in [1.807, 2.05) is 13.8 Å². The molecule has 3 aliphatic carbocycles. The van der Waals surface area contributed by atoms with Gasteiger partial charge in [-0.2, -0.15) is 0 Å². The van der Waals surface area contributed by atoms with Crippen molar-refractivity contribution in [2.45, 2.75) is 26.2 Å². The maximum absolute atomic E-state index is 2.37. The summed E-state index contributed by atoms with van der Waals surface area (Å²) < 4.78 is 0. The lowest BCUT2D eigenvalue weighted by Gasteiger charge is -2.32. The van der Waals surface area contributed by atoms with Gasteiger partial charge in [0.2, 0.25) is 0 Å². The molecule has 0 heterocycles. The second-order valence-electron chi connectivity index (χ2n) is 4.62. The number of hydrogen-bond acceptors (Lipinski definition) is 0. The normalized spacial score (nSPS) is 21.3. The highest BCUT2D eigenvalue weighted by atomic mass is 14.3. The Hall–Kier alpha value is -1.82. The Balaban J connectivity index is 0.000000478. The van der Waals surface area contributed by atoms with E-state index in [9.17, 15) is 0 Å². The van der Waals surface area contributed by atoms with Crippen LogP contribution in [0.4, 0.5) is 0 Å². The van der Waals surface area contributed by atoms with Crippen LogP contribution in [0.1, 0.15) is 36.5 Å². The molecular formula is C18H18. The number of allylic oxidation sites excluding steroid dienone is 7. The fourth-order valence-electron chi connectivity index (χ4n) is 3.05. The molecular weight excluding hydrogens is 216 g/mol. The van der Waals surface area contributed by atoms with Crippen molar-refractivity contribution in [3.63, 3.8) is 0 Å². The lowest BCUT2D eigenvalue weighted by molar-refractivity contribution is 0.892. The van der Waals surface area contributed by atoms with Crippen molar-refractivity contribution in [1.29, 1.82) is 0 Å². The monoisotopic (exact) mass is 234 g/mol. The fourth-order valence-corrected chi connectivity index (χ4v) is 3.05. The fraction of sp³-hybridized carbons (Fsp3) is 0.222. The van der Waals surface area contributed by atoms with E-state index in [-0.39, 0.29) is 0 Å². The molecule has 0 fully saturated rings. The zero-order valence-corrected chi connectivity index (χ0v) is 11.0. The largest absolute Gasteiger partial charge is 0.0759 e. The number of hydrogen-bond donors (Lipinski definition) is 0. The second-order valence-corrected chi connectivity index (χ2v) is 4.62. The summed E-state index contributed by atoms with van der Waals surface area (Å²) in [5.41, 5.74) is 7.35. The Labute approximate surface area is 109 Å². The minimum absolute atomic E-state index is 0.509. The van der Waals surface area contributed by atoms with Gasteiger partial charge in [0.25, 0.3) is 0 Å². The Morgan fingerprint density at radius 1 is 1.00 bits per heavy atom. The molecule has 0 radical (unpaired) electrons. The van der Waals surface area contributed by atoms with Crippen LogP contribution < -0.4 is 0 Å². The van der Waals surface area contributed by atoms with Gasteiger partial charge in [0.05, 0.1) is 0 Å². The molecule has 3 aliphatic rings. The molecule has 90 valence electrons. The molecule has 0 saturated carbocycles. The summed E-state index contributed by atoms with van der Waals surface area (Å²) in [6, 6.07) is 6.67. The summed E-state index contributed by atoms with van der Waals surface area (Å²) in [4.78, 5) is 0. The predicted molar refractivity (Wildman–Crippen MR) is 78.6 cm³/mol. The van der Waals surface area contributed by atoms with E-state index in [4.69, 9.17) is 0 Å². The van der Waals surface area contributed by atoms with Crippen LogP contribution in [0.2, 0.25) is 0 Å². The highest BCUT2D eigenvalue weighted by Crippen LogP contribution is 2.45. The summed E-state index contributed by atoms with van der Waals surface area (Å²) in [6.07, 6.45) is 14.6. The van der Waals surface area contributed by atoms with Gasteiger partial charge in [-0.25, -0.2) is 0 Å². The van der Waals surface area contributed by atoms with Gasteiger partial charge < -0.3 is 0 Å². The van der Waals surface area contributed by atoms with Gasteiger partial charge >= 0.3 is 0 Å². The molecule has 1 unspecified atom stereocenters. The third-order valence-corrected chi connectivity index (χ3v) is 3.78. The molecule has 1 aromatic rings. The van der Waals surface area contributed by atoms with E-state index in [0.29, 0.717) is 5.92 Å². The van der Waals surface area contributed by atoms with Gasteiger partial charge in [0, 0.05) is 5.92 Å². The van der Waals surface area contributed by atoms with Crippen molar-refractivity contribution in [3.05, 3.63) is 76.4 Å². The van der Waals surface area contributed by atoms with Gasteiger partial charge in [-0.15, -0.1) is 0 Å². The van der Waals surface area contributed by atoms with Crippen molar-refractivity contribution in [1.82, 2.24) is 0 Å². The molecule has 18 heavy (non-hydrogen) atoms. The first-order chi connectivity index (χ1) is 8.93. The maximum Gasteiger partial charge on any atom is 0.0345 e. The van der Waals surface area contributed by atoms with Crippen molar-refractivity contribution in [2.75, 3.05) is 0 Å². The van der Waals surface area contributed by atoms with Crippen LogP contribution >= 0.6 is 0 Å². The lowest BCUT2D eigenvalue weighted by atomic mass is 9.71. The lowest BCUT2D eigenvalue weighted by Crippen LogP contribution is -2.16. The Morgan fingerprint density at radius 3 is 2.78 bits per heavy atom. The molecule has 0 bridgehead atoms. The van der Waals surface area contributed by atoms with E-state index < -0.39 is 0 Å². The summed E-state index contributed by atoms with van der Waals surface area (Å²) in [7, 11) is 0. The number of benzene rings is 1. The average molecular weight is 234 g/mol. The zero-order chi connectivity index (χ0) is 12.5. The van der Waals surface area contributed by atoms with Gasteiger partial charge in [0.1, 0.15) is 0 Å². The third kappa shape index (κ3) is 1.53. The Kier molecular flexibility index (Phi) is 2.79. The summed E-state index contributed by atoms with van der Waals surface area (Å²) in [5.74, 6) is 0.509. The van der Waals surface area contributed by atoms with Crippen LogP contribution in [0.5, 0.6) is 0 Å². The predicted octanol–water partition coefficient (Wildman–Crippen LogP) is 4.80. The van der Waals surface area contributed by atoms with Gasteiger partial charge in [-0.1, -0.05) is 68.5 Å². The first kappa shape index (κ1) is 11.3. The van der Waals surface area contributed by atoms with Crippen LogP contribution in [0.3, 0.4) is 0 Å². The maximum atomic E-state index is 2.37. The highest BCUT2D eigenvalue weighted by molar-refractivity contribution is 5.71. The Morgan fingerprint density at radius 2 is 1.89 bits per heavy atom. The van der Waals surface area contributed by atoms with Crippen LogP contribution in [0, 0.1) is 0 Å².